The topological polar surface area (TPSA) is 26.0 Å². The van der Waals surface area contributed by atoms with Crippen molar-refractivity contribution in [2.45, 2.75) is 24.3 Å². The fourth-order valence-corrected chi connectivity index (χ4v) is 1.21. The number of thioether (sulfide) groups is 1. The van der Waals surface area contributed by atoms with Gasteiger partial charge in [0.1, 0.15) is 0 Å². The molecule has 0 bridgehead atoms. The monoisotopic (exact) mass is 223 g/mol. The second-order valence-electron chi connectivity index (χ2n) is 2.12. The molecule has 5 heteroatoms. The van der Waals surface area contributed by atoms with Crippen LogP contribution in [0.3, 0.4) is 0 Å². The summed E-state index contributed by atoms with van der Waals surface area (Å²) in [6, 6.07) is 5.56. The molecule has 0 atom stereocenters. The van der Waals surface area contributed by atoms with Crippen molar-refractivity contribution in [3.05, 3.63) is 24.3 Å². The molecule has 0 fully saturated rings. The van der Waals surface area contributed by atoms with Crippen molar-refractivity contribution in [1.82, 2.24) is 0 Å². The summed E-state index contributed by atoms with van der Waals surface area (Å²) in [4.78, 5) is 0.150. The number of nitrogens with two attached hydrogens (primary N) is 1. The summed E-state index contributed by atoms with van der Waals surface area (Å²) in [6.07, 6.45) is 0. The quantitative estimate of drug-likeness (QED) is 0.577. The first-order valence-corrected chi connectivity index (χ1v) is 4.90. The van der Waals surface area contributed by atoms with Crippen LogP contribution in [0.4, 0.5) is 18.9 Å². The van der Waals surface area contributed by atoms with E-state index in [0.717, 1.165) is 0 Å². The summed E-state index contributed by atoms with van der Waals surface area (Å²) >= 11 is -0.146. The Morgan fingerprint density at radius 1 is 1.07 bits per heavy atom. The van der Waals surface area contributed by atoms with Crippen LogP contribution in [-0.2, 0) is 0 Å². The van der Waals surface area contributed by atoms with Crippen molar-refractivity contribution in [3.8, 4) is 0 Å². The standard InChI is InChI=1S/C7H6F3NS.C2H6/c8-7(9,10)12-6-3-1-5(11)2-4-6;1-2/h1-4H,11H2;1-2H3. The summed E-state index contributed by atoms with van der Waals surface area (Å²) < 4.78 is 35.3. The molecule has 0 saturated carbocycles. The van der Waals surface area contributed by atoms with Gasteiger partial charge in [-0.05, 0) is 36.0 Å². The van der Waals surface area contributed by atoms with Gasteiger partial charge in [-0.2, -0.15) is 13.2 Å². The van der Waals surface area contributed by atoms with E-state index >= 15 is 0 Å². The lowest BCUT2D eigenvalue weighted by molar-refractivity contribution is -0.0328. The van der Waals surface area contributed by atoms with Crippen LogP contribution in [0.2, 0.25) is 0 Å². The van der Waals surface area contributed by atoms with Gasteiger partial charge in [0.15, 0.2) is 0 Å². The molecule has 14 heavy (non-hydrogen) atoms. The van der Waals surface area contributed by atoms with Gasteiger partial charge in [0.05, 0.1) is 0 Å². The molecule has 1 aromatic rings. The number of halogens is 3. The van der Waals surface area contributed by atoms with Crippen molar-refractivity contribution in [3.63, 3.8) is 0 Å². The summed E-state index contributed by atoms with van der Waals surface area (Å²) in [5, 5.41) is 0. The first-order chi connectivity index (χ1) is 6.47. The number of alkyl halides is 3. The van der Waals surface area contributed by atoms with E-state index in [0.29, 0.717) is 5.69 Å². The maximum Gasteiger partial charge on any atom is 0.446 e. The van der Waals surface area contributed by atoms with Crippen molar-refractivity contribution in [2.24, 2.45) is 0 Å². The van der Waals surface area contributed by atoms with Gasteiger partial charge in [-0.25, -0.2) is 0 Å². The SMILES string of the molecule is CC.Nc1ccc(SC(F)(F)F)cc1. The van der Waals surface area contributed by atoms with E-state index in [1.54, 1.807) is 0 Å². The lowest BCUT2D eigenvalue weighted by Crippen LogP contribution is -1.98. The molecule has 0 aliphatic heterocycles. The summed E-state index contributed by atoms with van der Waals surface area (Å²) in [6.45, 7) is 4.00. The zero-order valence-electron chi connectivity index (χ0n) is 7.93. The Morgan fingerprint density at radius 3 is 1.86 bits per heavy atom. The van der Waals surface area contributed by atoms with Crippen molar-refractivity contribution in [1.29, 1.82) is 0 Å². The minimum atomic E-state index is -4.23. The average Bonchev–Trinajstić information content (AvgIpc) is 2.10. The predicted molar refractivity (Wildman–Crippen MR) is 54.1 cm³/mol. The van der Waals surface area contributed by atoms with Gasteiger partial charge < -0.3 is 5.73 Å². The largest absolute Gasteiger partial charge is 0.446 e. The lowest BCUT2D eigenvalue weighted by Gasteiger charge is -2.04. The molecule has 0 heterocycles. The molecule has 0 amide bonds. The second-order valence-corrected chi connectivity index (χ2v) is 3.26. The molecular weight excluding hydrogens is 211 g/mol. The lowest BCUT2D eigenvalue weighted by atomic mass is 10.3. The highest BCUT2D eigenvalue weighted by Gasteiger charge is 2.28. The molecule has 80 valence electrons. The number of hydrogen-bond donors (Lipinski definition) is 1. The molecule has 0 aliphatic rings. The first kappa shape index (κ1) is 13.2. The molecular formula is C9H12F3NS. The Kier molecular flexibility index (Phi) is 5.45. The van der Waals surface area contributed by atoms with Crippen LogP contribution >= 0.6 is 11.8 Å². The molecule has 2 N–H and O–H groups in total. The van der Waals surface area contributed by atoms with Gasteiger partial charge in [-0.15, -0.1) is 0 Å². The zero-order chi connectivity index (χ0) is 11.2. The van der Waals surface area contributed by atoms with Gasteiger partial charge in [0.2, 0.25) is 0 Å². The molecule has 0 unspecified atom stereocenters. The van der Waals surface area contributed by atoms with Crippen LogP contribution in [0.15, 0.2) is 29.2 Å². The van der Waals surface area contributed by atoms with E-state index in [2.05, 4.69) is 0 Å². The average molecular weight is 223 g/mol. The molecule has 0 aliphatic carbocycles. The third-order valence-electron chi connectivity index (χ3n) is 1.11. The minimum absolute atomic E-state index is 0.146. The minimum Gasteiger partial charge on any atom is -0.399 e. The van der Waals surface area contributed by atoms with Crippen molar-refractivity contribution < 1.29 is 13.2 Å². The highest BCUT2D eigenvalue weighted by molar-refractivity contribution is 8.00. The van der Waals surface area contributed by atoms with Crippen LogP contribution in [0.5, 0.6) is 0 Å². The number of anilines is 1. The van der Waals surface area contributed by atoms with E-state index in [-0.39, 0.29) is 16.7 Å². The van der Waals surface area contributed by atoms with E-state index < -0.39 is 5.51 Å². The Labute approximate surface area is 85.5 Å². The Hall–Kier alpha value is -0.840. The second kappa shape index (κ2) is 5.80. The highest BCUT2D eigenvalue weighted by Crippen LogP contribution is 2.36. The van der Waals surface area contributed by atoms with Crippen LogP contribution in [-0.4, -0.2) is 5.51 Å². The van der Waals surface area contributed by atoms with Gasteiger partial charge in [-0.1, -0.05) is 13.8 Å². The first-order valence-electron chi connectivity index (χ1n) is 4.09. The molecule has 0 saturated heterocycles. The summed E-state index contributed by atoms with van der Waals surface area (Å²) in [5.74, 6) is 0. The molecule has 1 nitrogen and oxygen atoms in total. The van der Waals surface area contributed by atoms with Gasteiger partial charge in [-0.3, -0.25) is 0 Å². The van der Waals surface area contributed by atoms with Crippen LogP contribution in [0, 0.1) is 0 Å². The van der Waals surface area contributed by atoms with E-state index in [9.17, 15) is 13.2 Å². The van der Waals surface area contributed by atoms with Gasteiger partial charge in [0.25, 0.3) is 0 Å². The van der Waals surface area contributed by atoms with E-state index in [4.69, 9.17) is 5.73 Å². The van der Waals surface area contributed by atoms with Crippen LogP contribution < -0.4 is 5.73 Å². The Bertz CT molecular complexity index is 256. The fourth-order valence-electron chi connectivity index (χ4n) is 0.669. The fraction of sp³-hybridized carbons (Fsp3) is 0.333. The maximum atomic E-state index is 11.8. The Morgan fingerprint density at radius 2 is 1.50 bits per heavy atom. The van der Waals surface area contributed by atoms with Crippen LogP contribution in [0.25, 0.3) is 0 Å². The predicted octanol–water partition coefficient (Wildman–Crippen LogP) is 3.91. The molecule has 0 radical (unpaired) electrons. The van der Waals surface area contributed by atoms with Gasteiger partial charge in [0, 0.05) is 10.6 Å². The Balaban J connectivity index is 0.000000791. The van der Waals surface area contributed by atoms with Crippen LogP contribution in [0.1, 0.15) is 13.8 Å². The van der Waals surface area contributed by atoms with Gasteiger partial charge >= 0.3 is 5.51 Å². The molecule has 1 aromatic carbocycles. The zero-order valence-corrected chi connectivity index (χ0v) is 8.75. The maximum absolute atomic E-state index is 11.8. The van der Waals surface area contributed by atoms with E-state index in [1.165, 1.54) is 24.3 Å². The normalized spacial score (nSPS) is 10.4. The molecule has 0 aromatic heterocycles. The van der Waals surface area contributed by atoms with Crippen molar-refractivity contribution in [2.75, 3.05) is 5.73 Å². The highest BCUT2D eigenvalue weighted by atomic mass is 32.2. The summed E-state index contributed by atoms with van der Waals surface area (Å²) in [7, 11) is 0. The number of nitrogen functional groups attached to an aromatic ring is 1. The summed E-state index contributed by atoms with van der Waals surface area (Å²) in [5.41, 5.74) is 1.53. The number of hydrogen-bond acceptors (Lipinski definition) is 2. The number of benzene rings is 1. The smallest absolute Gasteiger partial charge is 0.399 e. The third kappa shape index (κ3) is 5.75. The van der Waals surface area contributed by atoms with Crippen molar-refractivity contribution >= 4 is 17.4 Å². The van der Waals surface area contributed by atoms with E-state index in [1.807, 2.05) is 13.8 Å². The molecule has 0 spiro atoms. The number of rotatable bonds is 1. The third-order valence-corrected chi connectivity index (χ3v) is 1.85. The molecule has 1 rings (SSSR count).